The highest BCUT2D eigenvalue weighted by molar-refractivity contribution is 9.10. The first kappa shape index (κ1) is 13.9. The predicted molar refractivity (Wildman–Crippen MR) is 77.9 cm³/mol. The van der Waals surface area contributed by atoms with Gasteiger partial charge in [-0.15, -0.1) is 0 Å². The fraction of sp³-hybridized carbons (Fsp3) is 0.500. The lowest BCUT2D eigenvalue weighted by atomic mass is 9.95. The lowest BCUT2D eigenvalue weighted by Gasteiger charge is -2.22. The summed E-state index contributed by atoms with van der Waals surface area (Å²) >= 11 is 9.35. The summed E-state index contributed by atoms with van der Waals surface area (Å²) in [5.41, 5.74) is 0.955. The average molecular weight is 331 g/mol. The fourth-order valence-corrected chi connectivity index (χ4v) is 2.81. The van der Waals surface area contributed by atoms with Crippen LogP contribution >= 0.6 is 27.5 Å². The van der Waals surface area contributed by atoms with E-state index in [2.05, 4.69) is 21.2 Å². The number of rotatable bonds is 3. The maximum absolute atomic E-state index is 11.9. The van der Waals surface area contributed by atoms with Gasteiger partial charge >= 0.3 is 0 Å². The molecular weight excluding hydrogens is 314 g/mol. The van der Waals surface area contributed by atoms with Gasteiger partial charge in [0.05, 0.1) is 11.4 Å². The summed E-state index contributed by atoms with van der Waals surface area (Å²) in [5, 5.41) is 3.76. The van der Waals surface area contributed by atoms with E-state index < -0.39 is 0 Å². The third-order valence-electron chi connectivity index (χ3n) is 3.32. The van der Waals surface area contributed by atoms with Crippen LogP contribution in [0.3, 0.4) is 0 Å². The van der Waals surface area contributed by atoms with Gasteiger partial charge in [0, 0.05) is 10.5 Å². The van der Waals surface area contributed by atoms with Crippen LogP contribution in [0.2, 0.25) is 5.02 Å². The normalized spacial score (nSPS) is 16.6. The summed E-state index contributed by atoms with van der Waals surface area (Å²) in [4.78, 5) is 11.9. The molecule has 0 spiro atoms. The molecule has 98 valence electrons. The van der Waals surface area contributed by atoms with Crippen LogP contribution in [-0.4, -0.2) is 11.9 Å². The van der Waals surface area contributed by atoms with Crippen LogP contribution in [-0.2, 0) is 11.2 Å². The Balaban J connectivity index is 1.88. The van der Waals surface area contributed by atoms with Gasteiger partial charge in [0.15, 0.2) is 0 Å². The van der Waals surface area contributed by atoms with Crippen LogP contribution in [0.4, 0.5) is 0 Å². The fourth-order valence-electron chi connectivity index (χ4n) is 2.36. The lowest BCUT2D eigenvalue weighted by Crippen LogP contribution is -2.37. The highest BCUT2D eigenvalue weighted by Crippen LogP contribution is 2.23. The summed E-state index contributed by atoms with van der Waals surface area (Å²) in [6.07, 6.45) is 6.40. The molecule has 2 rings (SSSR count). The number of nitrogens with one attached hydrogen (secondary N) is 1. The SMILES string of the molecule is O=C(Cc1ccc(Br)c(Cl)c1)NC1CCCCC1. The first-order valence-corrected chi connectivity index (χ1v) is 7.55. The van der Waals surface area contributed by atoms with Crippen molar-refractivity contribution < 1.29 is 4.79 Å². The van der Waals surface area contributed by atoms with Crippen molar-refractivity contribution in [1.29, 1.82) is 0 Å². The van der Waals surface area contributed by atoms with E-state index in [1.54, 1.807) is 0 Å². The summed E-state index contributed by atoms with van der Waals surface area (Å²) in [6, 6.07) is 6.02. The van der Waals surface area contributed by atoms with Crippen LogP contribution in [0.25, 0.3) is 0 Å². The number of carbonyl (C=O) groups excluding carboxylic acids is 1. The Labute approximate surface area is 121 Å². The molecule has 18 heavy (non-hydrogen) atoms. The number of halogens is 2. The van der Waals surface area contributed by atoms with Crippen molar-refractivity contribution in [3.05, 3.63) is 33.3 Å². The average Bonchev–Trinajstić information content (AvgIpc) is 2.35. The molecule has 1 saturated carbocycles. The third kappa shape index (κ3) is 3.99. The maximum Gasteiger partial charge on any atom is 0.224 e. The molecule has 0 bridgehead atoms. The first-order chi connectivity index (χ1) is 8.65. The number of carbonyl (C=O) groups is 1. The molecule has 2 nitrogen and oxygen atoms in total. The molecule has 4 heteroatoms. The van der Waals surface area contributed by atoms with Gasteiger partial charge in [-0.1, -0.05) is 36.9 Å². The predicted octanol–water partition coefficient (Wildman–Crippen LogP) is 4.09. The molecule has 1 N–H and O–H groups in total. The third-order valence-corrected chi connectivity index (χ3v) is 4.55. The molecule has 0 radical (unpaired) electrons. The van der Waals surface area contributed by atoms with Crippen molar-refractivity contribution in [2.45, 2.75) is 44.6 Å². The molecule has 0 atom stereocenters. The maximum atomic E-state index is 11.9. The van der Waals surface area contributed by atoms with Crippen molar-refractivity contribution in [3.8, 4) is 0 Å². The van der Waals surface area contributed by atoms with Crippen molar-refractivity contribution in [3.63, 3.8) is 0 Å². The lowest BCUT2D eigenvalue weighted by molar-refractivity contribution is -0.121. The summed E-state index contributed by atoms with van der Waals surface area (Å²) < 4.78 is 0.862. The smallest absolute Gasteiger partial charge is 0.224 e. The van der Waals surface area contributed by atoms with Crippen molar-refractivity contribution >= 4 is 33.4 Å². The molecule has 1 aromatic carbocycles. The Kier molecular flexibility index (Phi) is 5.07. The van der Waals surface area contributed by atoms with Gasteiger partial charge in [0.1, 0.15) is 0 Å². The van der Waals surface area contributed by atoms with Gasteiger partial charge in [-0.2, -0.15) is 0 Å². The number of hydrogen-bond donors (Lipinski definition) is 1. The van der Waals surface area contributed by atoms with E-state index in [-0.39, 0.29) is 5.91 Å². The van der Waals surface area contributed by atoms with Gasteiger partial charge in [-0.3, -0.25) is 4.79 Å². The summed E-state index contributed by atoms with van der Waals surface area (Å²) in [7, 11) is 0. The molecule has 0 heterocycles. The summed E-state index contributed by atoms with van der Waals surface area (Å²) in [6.45, 7) is 0. The minimum Gasteiger partial charge on any atom is -0.353 e. The topological polar surface area (TPSA) is 29.1 Å². The molecule has 1 aromatic rings. The first-order valence-electron chi connectivity index (χ1n) is 6.38. The minimum absolute atomic E-state index is 0.0975. The molecule has 1 fully saturated rings. The van der Waals surface area contributed by atoms with Crippen LogP contribution in [0.15, 0.2) is 22.7 Å². The zero-order valence-corrected chi connectivity index (χ0v) is 12.6. The monoisotopic (exact) mass is 329 g/mol. The number of hydrogen-bond acceptors (Lipinski definition) is 1. The Morgan fingerprint density at radius 3 is 2.72 bits per heavy atom. The highest BCUT2D eigenvalue weighted by Gasteiger charge is 2.15. The molecular formula is C14H17BrClNO. The number of benzene rings is 1. The molecule has 0 aromatic heterocycles. The molecule has 0 unspecified atom stereocenters. The van der Waals surface area contributed by atoms with Crippen molar-refractivity contribution in [2.75, 3.05) is 0 Å². The van der Waals surface area contributed by atoms with Crippen LogP contribution in [0.5, 0.6) is 0 Å². The Morgan fingerprint density at radius 2 is 2.06 bits per heavy atom. The molecule has 0 saturated heterocycles. The van der Waals surface area contributed by atoms with Crippen molar-refractivity contribution in [1.82, 2.24) is 5.32 Å². The van der Waals surface area contributed by atoms with E-state index >= 15 is 0 Å². The van der Waals surface area contributed by atoms with E-state index in [1.165, 1.54) is 19.3 Å². The Hall–Kier alpha value is -0.540. The Bertz CT molecular complexity index is 430. The highest BCUT2D eigenvalue weighted by atomic mass is 79.9. The molecule has 1 aliphatic rings. The summed E-state index contributed by atoms with van der Waals surface area (Å²) in [5.74, 6) is 0.0975. The van der Waals surface area contributed by atoms with E-state index in [0.29, 0.717) is 17.5 Å². The van der Waals surface area contributed by atoms with Gasteiger partial charge < -0.3 is 5.32 Å². The van der Waals surface area contributed by atoms with Crippen molar-refractivity contribution in [2.24, 2.45) is 0 Å². The van der Waals surface area contributed by atoms with Gasteiger partial charge in [-0.25, -0.2) is 0 Å². The van der Waals surface area contributed by atoms with E-state index in [4.69, 9.17) is 11.6 Å². The molecule has 1 amide bonds. The van der Waals surface area contributed by atoms with E-state index in [9.17, 15) is 4.79 Å². The Morgan fingerprint density at radius 1 is 1.33 bits per heavy atom. The standard InChI is InChI=1S/C14H17BrClNO/c15-12-7-6-10(8-13(12)16)9-14(18)17-11-4-2-1-3-5-11/h6-8,11H,1-5,9H2,(H,17,18). The van der Waals surface area contributed by atoms with Crippen LogP contribution < -0.4 is 5.32 Å². The molecule has 0 aliphatic heterocycles. The van der Waals surface area contributed by atoms with Crippen LogP contribution in [0, 0.1) is 0 Å². The molecule has 1 aliphatic carbocycles. The number of amides is 1. The van der Waals surface area contributed by atoms with Crippen LogP contribution in [0.1, 0.15) is 37.7 Å². The largest absolute Gasteiger partial charge is 0.353 e. The van der Waals surface area contributed by atoms with Gasteiger partial charge in [0.2, 0.25) is 5.91 Å². The zero-order valence-electron chi connectivity index (χ0n) is 10.2. The minimum atomic E-state index is 0.0975. The zero-order chi connectivity index (χ0) is 13.0. The van der Waals surface area contributed by atoms with Gasteiger partial charge in [0.25, 0.3) is 0 Å². The van der Waals surface area contributed by atoms with E-state index in [0.717, 1.165) is 22.9 Å². The second-order valence-corrected chi connectivity index (χ2v) is 6.09. The second kappa shape index (κ2) is 6.58. The quantitative estimate of drug-likeness (QED) is 0.888. The van der Waals surface area contributed by atoms with Gasteiger partial charge in [-0.05, 0) is 46.5 Å². The second-order valence-electron chi connectivity index (χ2n) is 4.83. The van der Waals surface area contributed by atoms with E-state index in [1.807, 2.05) is 18.2 Å².